The number of hydrogen-bond donors (Lipinski definition) is 1. The Morgan fingerprint density at radius 2 is 2.17 bits per heavy atom. The monoisotopic (exact) mass is 307 g/mol. The lowest BCUT2D eigenvalue weighted by Gasteiger charge is -2.32. The Morgan fingerprint density at radius 3 is 2.72 bits per heavy atom. The van der Waals surface area contributed by atoms with Gasteiger partial charge in [-0.25, -0.2) is 0 Å². The summed E-state index contributed by atoms with van der Waals surface area (Å²) in [6.07, 6.45) is 2.36. The van der Waals surface area contributed by atoms with Crippen molar-refractivity contribution in [3.63, 3.8) is 0 Å². The lowest BCUT2D eigenvalue weighted by molar-refractivity contribution is 0.229. The van der Waals surface area contributed by atoms with Crippen LogP contribution in [-0.4, -0.2) is 30.6 Å². The molecule has 0 unspecified atom stereocenters. The summed E-state index contributed by atoms with van der Waals surface area (Å²) in [5.41, 5.74) is 1.78. The zero-order valence-electron chi connectivity index (χ0n) is 10.6. The van der Waals surface area contributed by atoms with Crippen molar-refractivity contribution in [1.29, 1.82) is 5.26 Å². The molecular formula is C14H18BrN3. The summed E-state index contributed by atoms with van der Waals surface area (Å²) in [7, 11) is 0. The van der Waals surface area contributed by atoms with Crippen molar-refractivity contribution in [3.05, 3.63) is 28.2 Å². The normalized spacial score (nSPS) is 17.4. The van der Waals surface area contributed by atoms with E-state index in [9.17, 15) is 0 Å². The third kappa shape index (κ3) is 3.24. The van der Waals surface area contributed by atoms with Gasteiger partial charge in [-0.15, -0.1) is 0 Å². The lowest BCUT2D eigenvalue weighted by Crippen LogP contribution is -2.38. The Hall–Kier alpha value is -1.05. The third-order valence-corrected chi connectivity index (χ3v) is 4.15. The third-order valence-electron chi connectivity index (χ3n) is 3.49. The molecule has 0 saturated carbocycles. The molecule has 1 fully saturated rings. The highest BCUT2D eigenvalue weighted by Crippen LogP contribution is 2.26. The Morgan fingerprint density at radius 1 is 1.44 bits per heavy atom. The standard InChI is InChI=1S/C14H18BrN3/c1-2-18-7-5-12(6-8-18)17-14-4-3-11(10-16)9-13(14)15/h3-4,9,12,17H,2,5-8H2,1H3. The number of piperidine rings is 1. The number of nitrogens with zero attached hydrogens (tertiary/aromatic N) is 2. The van der Waals surface area contributed by atoms with E-state index in [-0.39, 0.29) is 0 Å². The Bertz CT molecular complexity index is 445. The second-order valence-electron chi connectivity index (χ2n) is 4.66. The summed E-state index contributed by atoms with van der Waals surface area (Å²) >= 11 is 3.52. The Labute approximate surface area is 117 Å². The van der Waals surface area contributed by atoms with Gasteiger partial charge in [0.05, 0.1) is 11.6 Å². The quantitative estimate of drug-likeness (QED) is 0.932. The number of rotatable bonds is 3. The maximum absolute atomic E-state index is 8.83. The van der Waals surface area contributed by atoms with Crippen LogP contribution in [0.4, 0.5) is 5.69 Å². The first-order valence-electron chi connectivity index (χ1n) is 6.41. The van der Waals surface area contributed by atoms with Crippen molar-refractivity contribution in [1.82, 2.24) is 4.90 Å². The molecule has 4 heteroatoms. The molecule has 1 heterocycles. The predicted octanol–water partition coefficient (Wildman–Crippen LogP) is 3.22. The van der Waals surface area contributed by atoms with E-state index < -0.39 is 0 Å². The van der Waals surface area contributed by atoms with Crippen molar-refractivity contribution >= 4 is 21.6 Å². The molecule has 1 saturated heterocycles. The first-order chi connectivity index (χ1) is 8.72. The second-order valence-corrected chi connectivity index (χ2v) is 5.51. The molecule has 1 aromatic carbocycles. The number of nitriles is 1. The van der Waals surface area contributed by atoms with Crippen LogP contribution in [0.3, 0.4) is 0 Å². The minimum Gasteiger partial charge on any atom is -0.381 e. The molecule has 96 valence electrons. The van der Waals surface area contributed by atoms with Gasteiger partial charge in [-0.2, -0.15) is 5.26 Å². The maximum Gasteiger partial charge on any atom is 0.0992 e. The fraction of sp³-hybridized carbons (Fsp3) is 0.500. The van der Waals surface area contributed by atoms with Crippen LogP contribution < -0.4 is 5.32 Å². The van der Waals surface area contributed by atoms with Crippen LogP contribution in [0.1, 0.15) is 25.3 Å². The summed E-state index contributed by atoms with van der Waals surface area (Å²) in [5.74, 6) is 0. The summed E-state index contributed by atoms with van der Waals surface area (Å²) < 4.78 is 0.972. The van der Waals surface area contributed by atoms with E-state index in [1.54, 1.807) is 0 Å². The number of nitrogens with one attached hydrogen (secondary N) is 1. The Balaban J connectivity index is 1.96. The van der Waals surface area contributed by atoms with Crippen LogP contribution >= 0.6 is 15.9 Å². The van der Waals surface area contributed by atoms with Crippen LogP contribution in [0.25, 0.3) is 0 Å². The fourth-order valence-corrected chi connectivity index (χ4v) is 2.81. The maximum atomic E-state index is 8.83. The van der Waals surface area contributed by atoms with Crippen molar-refractivity contribution in [3.8, 4) is 6.07 Å². The van der Waals surface area contributed by atoms with Gasteiger partial charge >= 0.3 is 0 Å². The van der Waals surface area contributed by atoms with Gasteiger partial charge in [0.2, 0.25) is 0 Å². The molecule has 1 N–H and O–H groups in total. The fourth-order valence-electron chi connectivity index (χ4n) is 2.32. The molecule has 3 nitrogen and oxygen atoms in total. The number of halogens is 1. The highest BCUT2D eigenvalue weighted by atomic mass is 79.9. The lowest BCUT2D eigenvalue weighted by atomic mass is 10.0. The van der Waals surface area contributed by atoms with Gasteiger partial charge in [-0.3, -0.25) is 0 Å². The van der Waals surface area contributed by atoms with Crippen LogP contribution in [0, 0.1) is 11.3 Å². The molecule has 0 atom stereocenters. The summed E-state index contributed by atoms with van der Waals surface area (Å²) in [6.45, 7) is 5.70. The molecule has 0 aromatic heterocycles. The second kappa shape index (κ2) is 6.21. The molecule has 0 aliphatic carbocycles. The minimum atomic E-state index is 0.539. The number of anilines is 1. The van der Waals surface area contributed by atoms with Crippen LogP contribution in [0.2, 0.25) is 0 Å². The largest absolute Gasteiger partial charge is 0.381 e. The summed E-state index contributed by atoms with van der Waals surface area (Å²) in [4.78, 5) is 2.48. The SMILES string of the molecule is CCN1CCC(Nc2ccc(C#N)cc2Br)CC1. The average Bonchev–Trinajstić information content (AvgIpc) is 2.42. The highest BCUT2D eigenvalue weighted by Gasteiger charge is 2.18. The van der Waals surface area contributed by atoms with Gasteiger partial charge in [0.15, 0.2) is 0 Å². The van der Waals surface area contributed by atoms with Crippen molar-refractivity contribution < 1.29 is 0 Å². The highest BCUT2D eigenvalue weighted by molar-refractivity contribution is 9.10. The minimum absolute atomic E-state index is 0.539. The van der Waals surface area contributed by atoms with Gasteiger partial charge < -0.3 is 10.2 Å². The van der Waals surface area contributed by atoms with Crippen molar-refractivity contribution in [2.45, 2.75) is 25.8 Å². The predicted molar refractivity (Wildman–Crippen MR) is 77.6 cm³/mol. The van der Waals surface area contributed by atoms with Crippen molar-refractivity contribution in [2.75, 3.05) is 25.0 Å². The molecule has 0 radical (unpaired) electrons. The van der Waals surface area contributed by atoms with E-state index in [0.717, 1.165) is 16.7 Å². The Kier molecular flexibility index (Phi) is 4.62. The molecule has 18 heavy (non-hydrogen) atoms. The van der Waals surface area contributed by atoms with E-state index in [1.165, 1.54) is 25.9 Å². The van der Waals surface area contributed by atoms with Crippen LogP contribution in [0.15, 0.2) is 22.7 Å². The first kappa shape index (κ1) is 13.4. The van der Waals surface area contributed by atoms with E-state index in [1.807, 2.05) is 18.2 Å². The van der Waals surface area contributed by atoms with Gasteiger partial charge in [0.1, 0.15) is 0 Å². The number of benzene rings is 1. The van der Waals surface area contributed by atoms with Crippen LogP contribution in [0.5, 0.6) is 0 Å². The van der Waals surface area contributed by atoms with Crippen LogP contribution in [-0.2, 0) is 0 Å². The molecule has 0 spiro atoms. The smallest absolute Gasteiger partial charge is 0.0992 e. The molecular weight excluding hydrogens is 290 g/mol. The zero-order valence-corrected chi connectivity index (χ0v) is 12.2. The number of hydrogen-bond acceptors (Lipinski definition) is 3. The van der Waals surface area contributed by atoms with Crippen molar-refractivity contribution in [2.24, 2.45) is 0 Å². The molecule has 1 aliphatic rings. The van der Waals surface area contributed by atoms with Gasteiger partial charge in [-0.1, -0.05) is 6.92 Å². The van der Waals surface area contributed by atoms with Gasteiger partial charge in [0.25, 0.3) is 0 Å². The summed E-state index contributed by atoms with van der Waals surface area (Å²) in [5, 5.41) is 12.4. The topological polar surface area (TPSA) is 39.1 Å². The molecule has 1 aliphatic heterocycles. The van der Waals surface area contributed by atoms with Gasteiger partial charge in [0, 0.05) is 29.3 Å². The first-order valence-corrected chi connectivity index (χ1v) is 7.20. The molecule has 2 rings (SSSR count). The average molecular weight is 308 g/mol. The molecule has 0 amide bonds. The number of likely N-dealkylation sites (tertiary alicyclic amines) is 1. The van der Waals surface area contributed by atoms with E-state index in [0.29, 0.717) is 11.6 Å². The molecule has 1 aromatic rings. The zero-order chi connectivity index (χ0) is 13.0. The molecule has 0 bridgehead atoms. The van der Waals surface area contributed by atoms with E-state index in [4.69, 9.17) is 5.26 Å². The van der Waals surface area contributed by atoms with E-state index in [2.05, 4.69) is 39.1 Å². The van der Waals surface area contributed by atoms with E-state index >= 15 is 0 Å². The van der Waals surface area contributed by atoms with Gasteiger partial charge in [-0.05, 0) is 53.5 Å². The summed E-state index contributed by atoms with van der Waals surface area (Å²) in [6, 6.07) is 8.39.